The minimum Gasteiger partial charge on any atom is -0.506 e. The number of benzene rings is 3. The van der Waals surface area contributed by atoms with Crippen LogP contribution < -0.4 is 9.47 Å². The van der Waals surface area contributed by atoms with Crippen molar-refractivity contribution in [3.8, 4) is 29.3 Å². The van der Waals surface area contributed by atoms with E-state index in [1.54, 1.807) is 18.3 Å². The van der Waals surface area contributed by atoms with Gasteiger partial charge in [-0.15, -0.1) is 0 Å². The van der Waals surface area contributed by atoms with E-state index >= 15 is 0 Å². The Bertz CT molecular complexity index is 2510. The largest absolute Gasteiger partial charge is 0.506 e. The van der Waals surface area contributed by atoms with Crippen molar-refractivity contribution in [3.63, 3.8) is 0 Å². The number of aliphatic hydroxyl groups excluding tert-OH is 2. The van der Waals surface area contributed by atoms with Crippen molar-refractivity contribution in [2.75, 3.05) is 33.5 Å². The standard InChI is InChI=1S/C47H44N2O11/c1-56-28-17-33-31-15-14-26-8-4-11-30(26)39(31)41-36(51)21-49-20-34-25(7-5-12-32(34)45(49)54)9-6-16-58-44-42(52)38(23-57-22-27-19-48-35-13-3-2-10-29(27)35)60-46(47(44,55)24-50)59-37(18-28)40(33)43(41)53/h2-3,5,7,10,12-13,17-19,26,30,38,42,44,46,50,52,55H,4,8-9,11,14-15,20-24H2,1H3/p+1/t26-,30-,38+,42+,44-,46-,47+/m0/s1. The lowest BCUT2D eigenvalue weighted by Gasteiger charge is -2.47. The molecule has 4 N–H and O–H groups in total. The van der Waals surface area contributed by atoms with E-state index in [9.17, 15) is 30.0 Å². The maximum Gasteiger partial charge on any atom is 0.254 e. The summed E-state index contributed by atoms with van der Waals surface area (Å²) in [6.07, 6.45) is 10.5. The van der Waals surface area contributed by atoms with Crippen molar-refractivity contribution in [2.45, 2.75) is 81.2 Å². The molecule has 3 aromatic rings. The normalized spacial score (nSPS) is 28.8. The summed E-state index contributed by atoms with van der Waals surface area (Å²) in [7, 11) is 1.50. The molecule has 6 bridgehead atoms. The van der Waals surface area contributed by atoms with Crippen molar-refractivity contribution in [2.24, 2.45) is 10.9 Å². The molecule has 7 atom stereocenters. The summed E-state index contributed by atoms with van der Waals surface area (Å²) in [4.78, 5) is 34.6. The maximum absolute atomic E-state index is 14.8. The molecule has 0 spiro atoms. The lowest BCUT2D eigenvalue weighted by Crippen LogP contribution is -2.70. The van der Waals surface area contributed by atoms with E-state index in [4.69, 9.17) is 23.7 Å². The number of nitrogens with zero attached hydrogens (tertiary/aromatic N) is 2. The topological polar surface area (TPSA) is 177 Å². The molecule has 308 valence electrons. The number of ether oxygens (including phenoxy) is 5. The fourth-order valence-electron chi connectivity index (χ4n) is 10.3. The molecule has 0 aromatic heterocycles. The number of fused-ring (bicyclic) bond motifs is 10. The van der Waals surface area contributed by atoms with Crippen LogP contribution in [0.4, 0.5) is 0 Å². The smallest absolute Gasteiger partial charge is 0.254 e. The van der Waals surface area contributed by atoms with Crippen molar-refractivity contribution >= 4 is 28.7 Å². The molecule has 3 aliphatic carbocycles. The summed E-state index contributed by atoms with van der Waals surface area (Å²) in [5.74, 6) is 2.71. The zero-order valence-corrected chi connectivity index (χ0v) is 33.1. The summed E-state index contributed by atoms with van der Waals surface area (Å²) in [6.45, 7) is -1.12. The first-order valence-electron chi connectivity index (χ1n) is 20.5. The third-order valence-electron chi connectivity index (χ3n) is 13.3. The molecule has 7 aliphatic rings. The lowest BCUT2D eigenvalue weighted by molar-refractivity contribution is -0.327. The number of phenols is 1. The molecule has 3 aromatic carbocycles. The molecule has 4 heterocycles. The number of aryl methyl sites for hydroxylation is 1. The molecule has 60 heavy (non-hydrogen) atoms. The molecular formula is C47H45N2O11+. The van der Waals surface area contributed by atoms with Crippen molar-refractivity contribution < 1.29 is 53.7 Å². The van der Waals surface area contributed by atoms with E-state index in [-0.39, 0.29) is 67.0 Å². The van der Waals surface area contributed by atoms with Gasteiger partial charge in [-0.05, 0) is 77.3 Å². The summed E-state index contributed by atoms with van der Waals surface area (Å²) in [5, 5.41) is 48.4. The Kier molecular flexibility index (Phi) is 9.73. The average Bonchev–Trinajstić information content (AvgIpc) is 3.99. The van der Waals surface area contributed by atoms with Crippen molar-refractivity contribution in [1.29, 1.82) is 0 Å². The van der Waals surface area contributed by atoms with Crippen LogP contribution in [0.1, 0.15) is 74.6 Å². The number of phenolic OH excluding ortho intramolecular Hbond substituents is 1. The highest BCUT2D eigenvalue weighted by molar-refractivity contribution is 6.12. The monoisotopic (exact) mass is 813 g/mol. The van der Waals surface area contributed by atoms with Crippen LogP contribution in [0.15, 0.2) is 70.4 Å². The summed E-state index contributed by atoms with van der Waals surface area (Å²) in [5.41, 5.74) is 3.94. The second-order valence-corrected chi connectivity index (χ2v) is 16.6. The van der Waals surface area contributed by atoms with Gasteiger partial charge in [-0.1, -0.05) is 24.5 Å². The molecule has 1 saturated heterocycles. The minimum atomic E-state index is -2.42. The highest BCUT2D eigenvalue weighted by atomic mass is 16.7. The van der Waals surface area contributed by atoms with Gasteiger partial charge in [-0.25, -0.2) is 0 Å². The number of hydrogen-bond acceptors (Lipinski definition) is 12. The SMILES string of the molecule is COc1cc2c3c(O)c(c4c(c3c1)CC[C@@H]1CCC[C@H]41)C(=O)CN1Cc3c(cccc3C1=O)CC#CO[C@H]1[C@H](O)[C@@H](COCC3=C4[CH+]C=CC=C4N=C3)O[C@H](O2)[C@@]1(O)CO. The third kappa shape index (κ3) is 6.20. The predicted octanol–water partition coefficient (Wildman–Crippen LogP) is 4.37. The third-order valence-corrected chi connectivity index (χ3v) is 13.3. The van der Waals surface area contributed by atoms with Crippen molar-refractivity contribution in [1.82, 2.24) is 4.90 Å². The van der Waals surface area contributed by atoms with Gasteiger partial charge in [-0.2, -0.15) is 4.99 Å². The fraction of sp³-hybridized carbons (Fsp3) is 0.404. The van der Waals surface area contributed by atoms with Gasteiger partial charge >= 0.3 is 0 Å². The number of ketones is 1. The number of amides is 1. The molecule has 1 saturated carbocycles. The van der Waals surface area contributed by atoms with Gasteiger partial charge in [0.25, 0.3) is 5.91 Å². The number of methoxy groups -OCH3 is 1. The Labute approximate surface area is 346 Å². The highest BCUT2D eigenvalue weighted by Gasteiger charge is 2.59. The van der Waals surface area contributed by atoms with Crippen LogP contribution in [-0.4, -0.2) is 107 Å². The fourth-order valence-corrected chi connectivity index (χ4v) is 10.3. The number of aliphatic hydroxyl groups is 3. The quantitative estimate of drug-likeness (QED) is 0.206. The summed E-state index contributed by atoms with van der Waals surface area (Å²) < 4.78 is 30.7. The predicted molar refractivity (Wildman–Crippen MR) is 218 cm³/mol. The number of hydrogen-bond donors (Lipinski definition) is 4. The lowest BCUT2D eigenvalue weighted by atomic mass is 9.72. The van der Waals surface area contributed by atoms with Gasteiger partial charge in [0.15, 0.2) is 23.2 Å². The zero-order valence-electron chi connectivity index (χ0n) is 33.1. The number of allylic oxidation sites excluding steroid dienone is 4. The molecule has 2 fully saturated rings. The van der Waals surface area contributed by atoms with Gasteiger partial charge in [-0.3, -0.25) is 9.59 Å². The van der Waals surface area contributed by atoms with Crippen LogP contribution in [0.3, 0.4) is 0 Å². The van der Waals surface area contributed by atoms with Crippen LogP contribution in [0, 0.1) is 24.4 Å². The number of rotatable bonds is 6. The Morgan fingerprint density at radius 3 is 2.87 bits per heavy atom. The van der Waals surface area contributed by atoms with Gasteiger partial charge in [0.2, 0.25) is 6.29 Å². The minimum absolute atomic E-state index is 0.00486. The second-order valence-electron chi connectivity index (χ2n) is 16.6. The van der Waals surface area contributed by atoms with E-state index in [1.807, 2.05) is 36.8 Å². The number of carbonyl (C=O) groups is 2. The Hall–Kier alpha value is -5.62. The van der Waals surface area contributed by atoms with Crippen LogP contribution in [0.25, 0.3) is 10.8 Å². The molecular weight excluding hydrogens is 769 g/mol. The molecule has 0 unspecified atom stereocenters. The number of aromatic hydroxyl groups is 1. The van der Waals surface area contributed by atoms with Crippen LogP contribution in [0.5, 0.6) is 17.2 Å². The molecule has 10 rings (SSSR count). The highest BCUT2D eigenvalue weighted by Crippen LogP contribution is 2.54. The number of Topliss-reactive ketones (excluding diaryl/α,β-unsaturated/α-hetero) is 1. The first-order valence-corrected chi connectivity index (χ1v) is 20.5. The Balaban J connectivity index is 1.11. The summed E-state index contributed by atoms with van der Waals surface area (Å²) >= 11 is 0. The first-order chi connectivity index (χ1) is 29.2. The Morgan fingerprint density at radius 1 is 1.13 bits per heavy atom. The zero-order chi connectivity index (χ0) is 41.3. The van der Waals surface area contributed by atoms with E-state index in [1.165, 1.54) is 18.1 Å². The van der Waals surface area contributed by atoms with Crippen LogP contribution in [-0.2, 0) is 33.6 Å². The van der Waals surface area contributed by atoms with E-state index < -0.39 is 42.6 Å². The number of carbonyl (C=O) groups excluding carboxylic acids is 2. The average molecular weight is 814 g/mol. The molecule has 1 amide bonds. The van der Waals surface area contributed by atoms with Gasteiger partial charge < -0.3 is 49.0 Å². The van der Waals surface area contributed by atoms with Crippen LogP contribution >= 0.6 is 0 Å². The Morgan fingerprint density at radius 2 is 2.02 bits per heavy atom. The second kappa shape index (κ2) is 15.1. The maximum atomic E-state index is 14.8. The number of aliphatic imine (C=N–C) groups is 1. The molecule has 0 radical (unpaired) electrons. The van der Waals surface area contributed by atoms with E-state index in [2.05, 4.69) is 17.0 Å². The van der Waals surface area contributed by atoms with Crippen LogP contribution in [0.2, 0.25) is 0 Å². The molecule has 4 aliphatic heterocycles. The van der Waals surface area contributed by atoms with E-state index in [0.717, 1.165) is 64.8 Å². The molecule has 13 heteroatoms. The molecule has 13 nitrogen and oxygen atoms in total. The summed E-state index contributed by atoms with van der Waals surface area (Å²) in [6, 6.07) is 8.67. The van der Waals surface area contributed by atoms with Crippen molar-refractivity contribution in [3.05, 3.63) is 105 Å². The van der Waals surface area contributed by atoms with Gasteiger partial charge in [0.1, 0.15) is 47.7 Å². The van der Waals surface area contributed by atoms with Gasteiger partial charge in [0, 0.05) is 49.2 Å². The van der Waals surface area contributed by atoms with E-state index in [0.29, 0.717) is 29.0 Å². The van der Waals surface area contributed by atoms with Gasteiger partial charge in [0.05, 0.1) is 49.6 Å². The first kappa shape index (κ1) is 38.6.